The zero-order valence-electron chi connectivity index (χ0n) is 13.7. The van der Waals surface area contributed by atoms with Crippen molar-refractivity contribution in [3.63, 3.8) is 0 Å². The summed E-state index contributed by atoms with van der Waals surface area (Å²) in [5, 5.41) is 0.818. The minimum Gasteiger partial charge on any atom is -0.455 e. The molecule has 0 saturated carbocycles. The van der Waals surface area contributed by atoms with Crippen molar-refractivity contribution in [2.45, 2.75) is 26.2 Å². The Morgan fingerprint density at radius 2 is 1.96 bits per heavy atom. The summed E-state index contributed by atoms with van der Waals surface area (Å²) in [5.74, 6) is 0.156. The number of carbonyl (C=O) groups is 1. The third kappa shape index (κ3) is 2.85. The number of nitrogens with zero attached hydrogens (tertiary/aromatic N) is 2. The van der Waals surface area contributed by atoms with Crippen LogP contribution < -0.4 is 4.74 Å². The molecule has 0 aliphatic rings. The van der Waals surface area contributed by atoms with Crippen LogP contribution in [0.2, 0.25) is 0 Å². The van der Waals surface area contributed by atoms with Crippen LogP contribution in [0.3, 0.4) is 0 Å². The number of halogens is 1. The van der Waals surface area contributed by atoms with Gasteiger partial charge in [-0.3, -0.25) is 4.79 Å². The molecule has 0 bridgehead atoms. The van der Waals surface area contributed by atoms with E-state index >= 15 is 0 Å². The molecular weight excluding hydrogens is 307 g/mol. The van der Waals surface area contributed by atoms with Gasteiger partial charge in [0.15, 0.2) is 5.65 Å². The Morgan fingerprint density at radius 1 is 1.17 bits per heavy atom. The number of hydrogen-bond acceptors (Lipinski definition) is 4. The maximum absolute atomic E-state index is 14.4. The van der Waals surface area contributed by atoms with Crippen molar-refractivity contribution >= 4 is 16.8 Å². The van der Waals surface area contributed by atoms with E-state index in [2.05, 4.69) is 9.97 Å². The lowest BCUT2D eigenvalue weighted by atomic mass is 9.80. The molecule has 0 spiro atoms. The molecule has 2 aromatic heterocycles. The summed E-state index contributed by atoms with van der Waals surface area (Å²) in [7, 11) is 0. The first-order valence-electron chi connectivity index (χ1n) is 7.58. The largest absolute Gasteiger partial charge is 0.455 e. The van der Waals surface area contributed by atoms with E-state index in [0.29, 0.717) is 17.1 Å². The number of benzene rings is 1. The number of aromatic nitrogens is 2. The first-order chi connectivity index (χ1) is 11.4. The van der Waals surface area contributed by atoms with E-state index in [0.717, 1.165) is 5.39 Å². The van der Waals surface area contributed by atoms with Crippen LogP contribution in [0.4, 0.5) is 4.39 Å². The van der Waals surface area contributed by atoms with E-state index < -0.39 is 11.2 Å². The number of ether oxygens (including phenoxy) is 1. The highest BCUT2D eigenvalue weighted by molar-refractivity contribution is 5.88. The standard InChI is InChI=1S/C19H17FN2O2/c1-12(23)19(2,3)17-15(20)7-4-8-16(17)24-14-10-13-6-5-9-21-18(13)22-11-14/h4-11H,1-3H3. The van der Waals surface area contributed by atoms with Gasteiger partial charge in [-0.25, -0.2) is 14.4 Å². The zero-order chi connectivity index (χ0) is 17.3. The van der Waals surface area contributed by atoms with Crippen molar-refractivity contribution in [2.24, 2.45) is 0 Å². The molecule has 0 amide bonds. The molecular formula is C19H17FN2O2. The topological polar surface area (TPSA) is 52.1 Å². The van der Waals surface area contributed by atoms with Crippen LogP contribution in [0.25, 0.3) is 11.0 Å². The summed E-state index contributed by atoms with van der Waals surface area (Å²) in [5.41, 5.74) is -0.149. The average molecular weight is 324 g/mol. The fourth-order valence-corrected chi connectivity index (χ4v) is 2.50. The molecule has 0 saturated heterocycles. The molecule has 0 N–H and O–H groups in total. The molecule has 3 aromatic rings. The maximum Gasteiger partial charge on any atom is 0.159 e. The second-order valence-corrected chi connectivity index (χ2v) is 6.12. The van der Waals surface area contributed by atoms with E-state index in [9.17, 15) is 9.18 Å². The number of rotatable bonds is 4. The first kappa shape index (κ1) is 16.1. The summed E-state index contributed by atoms with van der Waals surface area (Å²) < 4.78 is 20.3. The van der Waals surface area contributed by atoms with Gasteiger partial charge in [-0.15, -0.1) is 0 Å². The van der Waals surface area contributed by atoms with Gasteiger partial charge >= 0.3 is 0 Å². The highest BCUT2D eigenvalue weighted by Crippen LogP contribution is 2.37. The van der Waals surface area contributed by atoms with Gasteiger partial charge in [-0.2, -0.15) is 0 Å². The average Bonchev–Trinajstić information content (AvgIpc) is 2.54. The monoisotopic (exact) mass is 324 g/mol. The second-order valence-electron chi connectivity index (χ2n) is 6.12. The molecule has 0 fully saturated rings. The Kier molecular flexibility index (Phi) is 4.01. The molecule has 3 rings (SSSR count). The predicted octanol–water partition coefficient (Wildman–Crippen LogP) is 4.43. The van der Waals surface area contributed by atoms with Gasteiger partial charge in [0, 0.05) is 17.1 Å². The summed E-state index contributed by atoms with van der Waals surface area (Å²) >= 11 is 0. The van der Waals surface area contributed by atoms with Gasteiger partial charge in [0.05, 0.1) is 11.6 Å². The normalized spacial score (nSPS) is 11.5. The summed E-state index contributed by atoms with van der Waals surface area (Å²) in [6.07, 6.45) is 3.20. The SMILES string of the molecule is CC(=O)C(C)(C)c1c(F)cccc1Oc1cnc2ncccc2c1. The van der Waals surface area contributed by atoms with Gasteiger partial charge in [-0.05, 0) is 51.1 Å². The van der Waals surface area contributed by atoms with Crippen LogP contribution in [0.5, 0.6) is 11.5 Å². The van der Waals surface area contributed by atoms with Crippen LogP contribution >= 0.6 is 0 Å². The van der Waals surface area contributed by atoms with Crippen molar-refractivity contribution in [2.75, 3.05) is 0 Å². The number of hydrogen-bond donors (Lipinski definition) is 0. The lowest BCUT2D eigenvalue weighted by Gasteiger charge is -2.25. The predicted molar refractivity (Wildman–Crippen MR) is 89.7 cm³/mol. The molecule has 122 valence electrons. The third-order valence-electron chi connectivity index (χ3n) is 4.14. The van der Waals surface area contributed by atoms with Crippen LogP contribution in [-0.4, -0.2) is 15.8 Å². The number of pyridine rings is 2. The maximum atomic E-state index is 14.4. The minimum absolute atomic E-state index is 0.140. The minimum atomic E-state index is -0.994. The molecule has 24 heavy (non-hydrogen) atoms. The van der Waals surface area contributed by atoms with Crippen molar-refractivity contribution < 1.29 is 13.9 Å². The Balaban J connectivity index is 2.06. The van der Waals surface area contributed by atoms with Crippen LogP contribution in [0.1, 0.15) is 26.3 Å². The van der Waals surface area contributed by atoms with E-state index in [1.807, 2.05) is 6.07 Å². The van der Waals surface area contributed by atoms with E-state index in [1.54, 1.807) is 44.3 Å². The van der Waals surface area contributed by atoms with Gasteiger partial charge in [0.2, 0.25) is 0 Å². The van der Waals surface area contributed by atoms with Crippen molar-refractivity contribution in [1.82, 2.24) is 9.97 Å². The van der Waals surface area contributed by atoms with Crippen LogP contribution in [-0.2, 0) is 10.2 Å². The highest BCUT2D eigenvalue weighted by atomic mass is 19.1. The molecule has 4 nitrogen and oxygen atoms in total. The molecule has 2 heterocycles. The number of fused-ring (bicyclic) bond motifs is 1. The molecule has 0 radical (unpaired) electrons. The Bertz CT molecular complexity index is 922. The molecule has 0 aliphatic carbocycles. The quantitative estimate of drug-likeness (QED) is 0.712. The molecule has 0 aliphatic heterocycles. The lowest BCUT2D eigenvalue weighted by Crippen LogP contribution is -2.28. The van der Waals surface area contributed by atoms with E-state index in [1.165, 1.54) is 19.2 Å². The second kappa shape index (κ2) is 6.00. The van der Waals surface area contributed by atoms with Gasteiger partial charge in [0.25, 0.3) is 0 Å². The number of carbonyl (C=O) groups excluding carboxylic acids is 1. The Hall–Kier alpha value is -2.82. The molecule has 1 aromatic carbocycles. The Morgan fingerprint density at radius 3 is 2.71 bits per heavy atom. The smallest absolute Gasteiger partial charge is 0.159 e. The zero-order valence-corrected chi connectivity index (χ0v) is 13.7. The van der Waals surface area contributed by atoms with Gasteiger partial charge in [-0.1, -0.05) is 6.07 Å². The first-order valence-corrected chi connectivity index (χ1v) is 7.58. The van der Waals surface area contributed by atoms with Crippen LogP contribution in [0, 0.1) is 5.82 Å². The van der Waals surface area contributed by atoms with Crippen molar-refractivity contribution in [3.05, 3.63) is 60.2 Å². The third-order valence-corrected chi connectivity index (χ3v) is 4.14. The molecule has 5 heteroatoms. The molecule has 0 unspecified atom stereocenters. The van der Waals surface area contributed by atoms with Gasteiger partial charge < -0.3 is 4.74 Å². The summed E-state index contributed by atoms with van der Waals surface area (Å²) in [6, 6.07) is 9.99. The lowest BCUT2D eigenvalue weighted by molar-refractivity contribution is -0.121. The highest BCUT2D eigenvalue weighted by Gasteiger charge is 2.32. The van der Waals surface area contributed by atoms with Crippen LogP contribution in [0.15, 0.2) is 48.8 Å². The summed E-state index contributed by atoms with van der Waals surface area (Å²) in [6.45, 7) is 4.81. The number of ketones is 1. The van der Waals surface area contributed by atoms with E-state index in [4.69, 9.17) is 4.74 Å². The molecule has 0 atom stereocenters. The van der Waals surface area contributed by atoms with Crippen molar-refractivity contribution in [3.8, 4) is 11.5 Å². The fourth-order valence-electron chi connectivity index (χ4n) is 2.50. The Labute approximate surface area is 139 Å². The van der Waals surface area contributed by atoms with E-state index in [-0.39, 0.29) is 11.3 Å². The summed E-state index contributed by atoms with van der Waals surface area (Å²) in [4.78, 5) is 20.3. The number of Topliss-reactive ketones (excluding diaryl/α,β-unsaturated/α-hetero) is 1. The van der Waals surface area contributed by atoms with Gasteiger partial charge in [0.1, 0.15) is 23.1 Å². The van der Waals surface area contributed by atoms with Crippen molar-refractivity contribution in [1.29, 1.82) is 0 Å². The fraction of sp³-hybridized carbons (Fsp3) is 0.211.